The molecular weight excluding hydrogens is 240 g/mol. The van der Waals surface area contributed by atoms with Gasteiger partial charge in [-0.2, -0.15) is 0 Å². The zero-order valence-corrected chi connectivity index (χ0v) is 11.2. The van der Waals surface area contributed by atoms with E-state index in [2.05, 4.69) is 10.3 Å². The molecule has 1 rings (SSSR count). The van der Waals surface area contributed by atoms with Gasteiger partial charge in [-0.15, -0.1) is 11.3 Å². The molecule has 17 heavy (non-hydrogen) atoms. The van der Waals surface area contributed by atoms with Crippen LogP contribution in [-0.4, -0.2) is 37.3 Å². The molecule has 0 spiro atoms. The highest BCUT2D eigenvalue weighted by Gasteiger charge is 2.09. The van der Waals surface area contributed by atoms with E-state index < -0.39 is 0 Å². The molecule has 1 heterocycles. The van der Waals surface area contributed by atoms with Crippen molar-refractivity contribution >= 4 is 22.4 Å². The van der Waals surface area contributed by atoms with E-state index in [-0.39, 0.29) is 18.4 Å². The average molecular weight is 258 g/mol. The number of nitrogens with one attached hydrogen (secondary N) is 1. The number of anilines is 1. The van der Waals surface area contributed by atoms with Crippen molar-refractivity contribution in [3.63, 3.8) is 0 Å². The van der Waals surface area contributed by atoms with Crippen LogP contribution in [0.15, 0.2) is 5.38 Å². The number of methoxy groups -OCH3 is 1. The molecule has 1 N–H and O–H groups in total. The Morgan fingerprint density at radius 1 is 1.65 bits per heavy atom. The molecule has 0 saturated heterocycles. The second-order valence-electron chi connectivity index (χ2n) is 3.63. The van der Waals surface area contributed by atoms with E-state index in [1.54, 1.807) is 14.0 Å². The van der Waals surface area contributed by atoms with Crippen LogP contribution in [-0.2, 0) is 20.7 Å². The number of carbonyl (C=O) groups is 1. The Kier molecular flexibility index (Phi) is 5.93. The third-order valence-corrected chi connectivity index (χ3v) is 2.79. The molecule has 0 aliphatic carbocycles. The third-order valence-electron chi connectivity index (χ3n) is 1.97. The maximum Gasteiger partial charge on any atom is 0.311 e. The molecule has 0 radical (unpaired) electrons. The fourth-order valence-corrected chi connectivity index (χ4v) is 2.14. The lowest BCUT2D eigenvalue weighted by Gasteiger charge is -2.10. The molecule has 5 nitrogen and oxygen atoms in total. The van der Waals surface area contributed by atoms with Crippen LogP contribution in [0.4, 0.5) is 5.13 Å². The van der Waals surface area contributed by atoms with Gasteiger partial charge in [-0.25, -0.2) is 4.98 Å². The van der Waals surface area contributed by atoms with E-state index in [4.69, 9.17) is 9.47 Å². The van der Waals surface area contributed by atoms with Gasteiger partial charge in [-0.1, -0.05) is 0 Å². The summed E-state index contributed by atoms with van der Waals surface area (Å²) < 4.78 is 9.88. The Morgan fingerprint density at radius 2 is 2.41 bits per heavy atom. The van der Waals surface area contributed by atoms with E-state index in [9.17, 15) is 4.79 Å². The molecule has 1 atom stereocenters. The van der Waals surface area contributed by atoms with E-state index in [1.165, 1.54) is 11.3 Å². The van der Waals surface area contributed by atoms with Crippen LogP contribution >= 0.6 is 11.3 Å². The van der Waals surface area contributed by atoms with Crippen LogP contribution in [0.5, 0.6) is 0 Å². The first-order chi connectivity index (χ1) is 8.15. The lowest BCUT2D eigenvalue weighted by molar-refractivity contribution is -0.142. The molecule has 0 aliphatic heterocycles. The van der Waals surface area contributed by atoms with Crippen molar-refractivity contribution in [2.24, 2.45) is 0 Å². The highest BCUT2D eigenvalue weighted by atomic mass is 32.1. The number of hydrogen-bond acceptors (Lipinski definition) is 6. The molecule has 0 unspecified atom stereocenters. The van der Waals surface area contributed by atoms with Crippen molar-refractivity contribution in [3.05, 3.63) is 11.1 Å². The van der Waals surface area contributed by atoms with Crippen molar-refractivity contribution < 1.29 is 14.3 Å². The summed E-state index contributed by atoms with van der Waals surface area (Å²) in [7, 11) is 1.66. The topological polar surface area (TPSA) is 60.5 Å². The molecule has 0 fully saturated rings. The van der Waals surface area contributed by atoms with E-state index in [0.717, 1.165) is 10.8 Å². The molecular formula is C11H18N2O3S. The van der Waals surface area contributed by atoms with E-state index in [0.29, 0.717) is 13.2 Å². The summed E-state index contributed by atoms with van der Waals surface area (Å²) >= 11 is 1.48. The Labute approximate surface area is 105 Å². The molecule has 0 bridgehead atoms. The number of nitrogens with zero attached hydrogens (tertiary/aromatic N) is 1. The first kappa shape index (κ1) is 13.9. The third kappa shape index (κ3) is 5.14. The summed E-state index contributed by atoms with van der Waals surface area (Å²) in [6, 6.07) is 0.196. The van der Waals surface area contributed by atoms with Gasteiger partial charge in [0.15, 0.2) is 5.13 Å². The summed E-state index contributed by atoms with van der Waals surface area (Å²) in [6.45, 7) is 4.82. The number of esters is 1. The Balaban J connectivity index is 2.45. The minimum atomic E-state index is -0.241. The van der Waals surface area contributed by atoms with Gasteiger partial charge >= 0.3 is 5.97 Å². The summed E-state index contributed by atoms with van der Waals surface area (Å²) in [4.78, 5) is 15.6. The molecule has 0 aliphatic rings. The Morgan fingerprint density at radius 3 is 3.06 bits per heavy atom. The van der Waals surface area contributed by atoms with Crippen molar-refractivity contribution in [2.75, 3.05) is 25.6 Å². The SMILES string of the molecule is CCOC(=O)Cc1csc(N[C@@H](C)COC)n1. The van der Waals surface area contributed by atoms with Gasteiger partial charge in [0, 0.05) is 18.5 Å². The van der Waals surface area contributed by atoms with Gasteiger partial charge in [-0.05, 0) is 13.8 Å². The molecule has 0 aromatic carbocycles. The second-order valence-corrected chi connectivity index (χ2v) is 4.48. The van der Waals surface area contributed by atoms with Gasteiger partial charge in [0.05, 0.1) is 25.3 Å². The van der Waals surface area contributed by atoms with Crippen molar-refractivity contribution in [1.82, 2.24) is 4.98 Å². The zero-order valence-electron chi connectivity index (χ0n) is 10.4. The Bertz CT molecular complexity index is 354. The number of rotatable bonds is 7. The molecule has 1 aromatic heterocycles. The standard InChI is InChI=1S/C11H18N2O3S/c1-4-16-10(14)5-9-7-17-11(13-9)12-8(2)6-15-3/h7-8H,4-6H2,1-3H3,(H,12,13)/t8-/m0/s1. The fourth-order valence-electron chi connectivity index (χ4n) is 1.32. The maximum absolute atomic E-state index is 11.2. The van der Waals surface area contributed by atoms with Crippen LogP contribution in [0.1, 0.15) is 19.5 Å². The number of ether oxygens (including phenoxy) is 2. The maximum atomic E-state index is 11.2. The average Bonchev–Trinajstić information content (AvgIpc) is 2.66. The number of carbonyl (C=O) groups excluding carboxylic acids is 1. The van der Waals surface area contributed by atoms with E-state index >= 15 is 0 Å². The van der Waals surface area contributed by atoms with Crippen LogP contribution in [0.25, 0.3) is 0 Å². The molecule has 0 saturated carbocycles. The van der Waals surface area contributed by atoms with Crippen LogP contribution in [0.2, 0.25) is 0 Å². The van der Waals surface area contributed by atoms with Crippen molar-refractivity contribution in [3.8, 4) is 0 Å². The quantitative estimate of drug-likeness (QED) is 0.754. The van der Waals surface area contributed by atoms with Crippen molar-refractivity contribution in [2.45, 2.75) is 26.3 Å². The fraction of sp³-hybridized carbons (Fsp3) is 0.636. The highest BCUT2D eigenvalue weighted by molar-refractivity contribution is 7.13. The van der Waals surface area contributed by atoms with Gasteiger partial charge in [0.2, 0.25) is 0 Å². The van der Waals surface area contributed by atoms with Gasteiger partial charge < -0.3 is 14.8 Å². The first-order valence-corrected chi connectivity index (χ1v) is 6.39. The lowest BCUT2D eigenvalue weighted by Crippen LogP contribution is -2.20. The number of thiazole rings is 1. The minimum Gasteiger partial charge on any atom is -0.466 e. The molecule has 96 valence electrons. The summed E-state index contributed by atoms with van der Waals surface area (Å²) in [5, 5.41) is 5.86. The van der Waals surface area contributed by atoms with Gasteiger partial charge in [0.25, 0.3) is 0 Å². The zero-order chi connectivity index (χ0) is 12.7. The normalized spacial score (nSPS) is 12.2. The predicted octanol–water partition coefficient (Wildman–Crippen LogP) is 1.70. The van der Waals surface area contributed by atoms with Crippen LogP contribution in [0.3, 0.4) is 0 Å². The monoisotopic (exact) mass is 258 g/mol. The second kappa shape index (κ2) is 7.24. The smallest absolute Gasteiger partial charge is 0.311 e. The summed E-state index contributed by atoms with van der Waals surface area (Å²) in [6.07, 6.45) is 0.227. The first-order valence-electron chi connectivity index (χ1n) is 5.51. The van der Waals surface area contributed by atoms with Gasteiger partial charge in [-0.3, -0.25) is 4.79 Å². The summed E-state index contributed by atoms with van der Waals surface area (Å²) in [5.74, 6) is -0.241. The largest absolute Gasteiger partial charge is 0.466 e. The van der Waals surface area contributed by atoms with Crippen LogP contribution < -0.4 is 5.32 Å². The Hall–Kier alpha value is -1.14. The van der Waals surface area contributed by atoms with Crippen molar-refractivity contribution in [1.29, 1.82) is 0 Å². The highest BCUT2D eigenvalue weighted by Crippen LogP contribution is 2.17. The van der Waals surface area contributed by atoms with Crippen LogP contribution in [0, 0.1) is 0 Å². The van der Waals surface area contributed by atoms with Gasteiger partial charge in [0.1, 0.15) is 0 Å². The minimum absolute atomic E-state index is 0.196. The predicted molar refractivity (Wildman–Crippen MR) is 67.4 cm³/mol. The summed E-state index contributed by atoms with van der Waals surface area (Å²) in [5.41, 5.74) is 0.737. The number of aromatic nitrogens is 1. The molecule has 6 heteroatoms. The van der Waals surface area contributed by atoms with E-state index in [1.807, 2.05) is 12.3 Å². The number of hydrogen-bond donors (Lipinski definition) is 1. The molecule has 0 amide bonds. The lowest BCUT2D eigenvalue weighted by atomic mass is 10.3. The molecule has 1 aromatic rings.